The summed E-state index contributed by atoms with van der Waals surface area (Å²) < 4.78 is 1.98. The molecule has 0 unspecified atom stereocenters. The number of thiophene rings is 1. The first-order chi connectivity index (χ1) is 8.60. The first-order valence-electron chi connectivity index (χ1n) is 5.45. The normalized spacial score (nSPS) is 10.4. The van der Waals surface area contributed by atoms with Crippen LogP contribution in [-0.2, 0) is 6.42 Å². The predicted octanol–water partition coefficient (Wildman–Crippen LogP) is 4.93. The Kier molecular flexibility index (Phi) is 4.80. The van der Waals surface area contributed by atoms with Crippen LogP contribution in [0.25, 0.3) is 0 Å². The van der Waals surface area contributed by atoms with Gasteiger partial charge in [0, 0.05) is 12.9 Å². The molecule has 1 N–H and O–H groups in total. The molecule has 0 aliphatic rings. The maximum atomic E-state index is 12.1. The number of carbonyl (C=O) groups excluding carboxylic acids is 1. The van der Waals surface area contributed by atoms with Gasteiger partial charge < -0.3 is 5.32 Å². The summed E-state index contributed by atoms with van der Waals surface area (Å²) >= 11 is 7.16. The number of anilines is 1. The molecule has 1 aromatic heterocycles. The number of rotatable bonds is 3. The number of nitrogens with one attached hydrogen (secondary N) is 1. The Labute approximate surface area is 132 Å². The monoisotopic (exact) mass is 435 g/mol. The molecule has 18 heavy (non-hydrogen) atoms. The van der Waals surface area contributed by atoms with E-state index in [1.807, 2.05) is 30.3 Å². The van der Waals surface area contributed by atoms with Crippen LogP contribution in [0.5, 0.6) is 0 Å². The molecule has 0 radical (unpaired) electrons. The van der Waals surface area contributed by atoms with Gasteiger partial charge in [0.2, 0.25) is 0 Å². The van der Waals surface area contributed by atoms with Crippen molar-refractivity contribution >= 4 is 61.5 Å². The fraction of sp³-hybridized carbons (Fsp3) is 0.154. The topological polar surface area (TPSA) is 29.1 Å². The smallest absolute Gasteiger partial charge is 0.265 e. The van der Waals surface area contributed by atoms with Gasteiger partial charge in [0.15, 0.2) is 0 Å². The average molecular weight is 436 g/mol. The van der Waals surface area contributed by atoms with Crippen molar-refractivity contribution in [3.8, 4) is 0 Å². The van der Waals surface area contributed by atoms with Crippen molar-refractivity contribution in [2.24, 2.45) is 0 Å². The van der Waals surface area contributed by atoms with Gasteiger partial charge in [-0.15, -0.1) is 11.3 Å². The maximum Gasteiger partial charge on any atom is 0.265 e. The zero-order valence-electron chi connectivity index (χ0n) is 9.67. The highest BCUT2D eigenvalue weighted by atomic mass is 127. The molecule has 0 saturated carbocycles. The standard InChI is InChI=1S/C13H11BrINOS/c1-2-9-4-6-12(18-9)13(17)16-11-7-8(14)3-5-10(11)15/h3-7H,2H2,1H3,(H,16,17). The van der Waals surface area contributed by atoms with Crippen LogP contribution < -0.4 is 5.32 Å². The SMILES string of the molecule is CCc1ccc(C(=O)Nc2cc(Br)ccc2I)s1. The molecule has 2 rings (SSSR count). The van der Waals surface area contributed by atoms with E-state index in [4.69, 9.17) is 0 Å². The highest BCUT2D eigenvalue weighted by Gasteiger charge is 2.10. The van der Waals surface area contributed by atoms with E-state index in [1.165, 1.54) is 4.88 Å². The molecule has 1 amide bonds. The van der Waals surface area contributed by atoms with E-state index in [0.717, 1.165) is 25.0 Å². The molecule has 0 aliphatic carbocycles. The van der Waals surface area contributed by atoms with Gasteiger partial charge in [-0.2, -0.15) is 0 Å². The lowest BCUT2D eigenvalue weighted by Gasteiger charge is -2.06. The van der Waals surface area contributed by atoms with Crippen LogP contribution in [0.2, 0.25) is 0 Å². The highest BCUT2D eigenvalue weighted by Crippen LogP contribution is 2.24. The van der Waals surface area contributed by atoms with Crippen LogP contribution in [0.3, 0.4) is 0 Å². The average Bonchev–Trinajstić information content (AvgIpc) is 2.82. The number of hydrogen-bond acceptors (Lipinski definition) is 2. The molecule has 2 aromatic rings. The van der Waals surface area contributed by atoms with E-state index in [0.29, 0.717) is 0 Å². The van der Waals surface area contributed by atoms with Gasteiger partial charge in [0.05, 0.1) is 10.6 Å². The van der Waals surface area contributed by atoms with Gasteiger partial charge >= 0.3 is 0 Å². The first-order valence-corrected chi connectivity index (χ1v) is 8.14. The van der Waals surface area contributed by atoms with Gasteiger partial charge in [-0.25, -0.2) is 0 Å². The third kappa shape index (κ3) is 3.33. The molecule has 0 spiro atoms. The molecule has 0 fully saturated rings. The van der Waals surface area contributed by atoms with Crippen molar-refractivity contribution in [3.63, 3.8) is 0 Å². The van der Waals surface area contributed by atoms with Gasteiger partial charge in [-0.3, -0.25) is 4.79 Å². The molecule has 0 atom stereocenters. The largest absolute Gasteiger partial charge is 0.320 e. The van der Waals surface area contributed by atoms with Gasteiger partial charge in [0.1, 0.15) is 0 Å². The summed E-state index contributed by atoms with van der Waals surface area (Å²) in [5, 5.41) is 2.94. The molecule has 1 heterocycles. The quantitative estimate of drug-likeness (QED) is 0.680. The lowest BCUT2D eigenvalue weighted by atomic mass is 10.3. The van der Waals surface area contributed by atoms with Crippen molar-refractivity contribution in [3.05, 3.63) is 48.1 Å². The third-order valence-electron chi connectivity index (χ3n) is 2.41. The predicted molar refractivity (Wildman–Crippen MR) is 88.5 cm³/mol. The van der Waals surface area contributed by atoms with Crippen molar-refractivity contribution in [1.82, 2.24) is 0 Å². The van der Waals surface area contributed by atoms with E-state index in [2.05, 4.69) is 50.8 Å². The van der Waals surface area contributed by atoms with Gasteiger partial charge in [-0.05, 0) is 59.3 Å². The van der Waals surface area contributed by atoms with E-state index >= 15 is 0 Å². The Morgan fingerprint density at radius 1 is 1.39 bits per heavy atom. The van der Waals surface area contributed by atoms with Crippen LogP contribution >= 0.6 is 49.9 Å². The lowest BCUT2D eigenvalue weighted by Crippen LogP contribution is -2.11. The molecular formula is C13H11BrINOS. The minimum Gasteiger partial charge on any atom is -0.320 e. The number of aryl methyl sites for hydroxylation is 1. The van der Waals surface area contributed by atoms with Gasteiger partial charge in [0.25, 0.3) is 5.91 Å². The number of benzene rings is 1. The summed E-state index contributed by atoms with van der Waals surface area (Å²) in [4.78, 5) is 14.1. The molecule has 0 bridgehead atoms. The summed E-state index contributed by atoms with van der Waals surface area (Å²) in [7, 11) is 0. The fourth-order valence-electron chi connectivity index (χ4n) is 1.47. The fourth-order valence-corrected chi connectivity index (χ4v) is 3.14. The molecule has 5 heteroatoms. The Morgan fingerprint density at radius 3 is 2.83 bits per heavy atom. The van der Waals surface area contributed by atoms with Gasteiger partial charge in [-0.1, -0.05) is 22.9 Å². The molecule has 2 nitrogen and oxygen atoms in total. The van der Waals surface area contributed by atoms with Crippen LogP contribution in [0.1, 0.15) is 21.5 Å². The van der Waals surface area contributed by atoms with E-state index in [-0.39, 0.29) is 5.91 Å². The minimum absolute atomic E-state index is 0.0456. The van der Waals surface area contributed by atoms with Crippen LogP contribution in [0.15, 0.2) is 34.8 Å². The summed E-state index contributed by atoms with van der Waals surface area (Å²) in [6, 6.07) is 9.72. The van der Waals surface area contributed by atoms with Crippen molar-refractivity contribution in [1.29, 1.82) is 0 Å². The summed E-state index contributed by atoms with van der Waals surface area (Å²) in [5.41, 5.74) is 0.835. The number of amides is 1. The van der Waals surface area contributed by atoms with Crippen molar-refractivity contribution < 1.29 is 4.79 Å². The highest BCUT2D eigenvalue weighted by molar-refractivity contribution is 14.1. The molecule has 94 valence electrons. The zero-order valence-corrected chi connectivity index (χ0v) is 14.2. The number of carbonyl (C=O) groups is 1. The van der Waals surface area contributed by atoms with Crippen molar-refractivity contribution in [2.75, 3.05) is 5.32 Å². The molecule has 0 aliphatic heterocycles. The van der Waals surface area contributed by atoms with Crippen molar-refractivity contribution in [2.45, 2.75) is 13.3 Å². The summed E-state index contributed by atoms with van der Waals surface area (Å²) in [5.74, 6) is -0.0456. The maximum absolute atomic E-state index is 12.1. The third-order valence-corrected chi connectivity index (χ3v) is 5.07. The Bertz CT molecular complexity index is 582. The van der Waals surface area contributed by atoms with Crippen LogP contribution in [0.4, 0.5) is 5.69 Å². The number of halogens is 2. The van der Waals surface area contributed by atoms with E-state index in [1.54, 1.807) is 11.3 Å². The minimum atomic E-state index is -0.0456. The Morgan fingerprint density at radius 2 is 2.17 bits per heavy atom. The van der Waals surface area contributed by atoms with Crippen LogP contribution in [-0.4, -0.2) is 5.91 Å². The number of hydrogen-bond donors (Lipinski definition) is 1. The summed E-state index contributed by atoms with van der Waals surface area (Å²) in [6.45, 7) is 2.09. The molecule has 0 saturated heterocycles. The second-order valence-corrected chi connectivity index (χ2v) is 6.94. The zero-order chi connectivity index (χ0) is 13.1. The second kappa shape index (κ2) is 6.16. The Balaban J connectivity index is 2.18. The molecule has 1 aromatic carbocycles. The second-order valence-electron chi connectivity index (χ2n) is 3.70. The Hall–Kier alpha value is -0.400. The molecular weight excluding hydrogens is 425 g/mol. The van der Waals surface area contributed by atoms with E-state index in [9.17, 15) is 4.79 Å². The van der Waals surface area contributed by atoms with E-state index < -0.39 is 0 Å². The summed E-state index contributed by atoms with van der Waals surface area (Å²) in [6.07, 6.45) is 0.965. The van der Waals surface area contributed by atoms with Crippen LogP contribution in [0, 0.1) is 3.57 Å². The first kappa shape index (κ1) is 14.0. The lowest BCUT2D eigenvalue weighted by molar-refractivity contribution is 0.103.